The number of H-pyrrole nitrogens is 1. The minimum absolute atomic E-state index is 0.0215. The maximum atomic E-state index is 13.2. The number of benzene rings is 2. The lowest BCUT2D eigenvalue weighted by molar-refractivity contribution is -0.140. The van der Waals surface area contributed by atoms with Gasteiger partial charge in [0, 0.05) is 5.39 Å². The highest BCUT2D eigenvalue weighted by Gasteiger charge is 2.36. The molecule has 0 bridgehead atoms. The largest absolute Gasteiger partial charge is 0.455 e. The first-order valence-corrected chi connectivity index (χ1v) is 10.9. The van der Waals surface area contributed by atoms with E-state index in [9.17, 15) is 22.8 Å². The molecule has 0 aliphatic rings. The van der Waals surface area contributed by atoms with Crippen LogP contribution >= 0.6 is 39.1 Å². The van der Waals surface area contributed by atoms with Crippen LogP contribution in [0.3, 0.4) is 0 Å². The summed E-state index contributed by atoms with van der Waals surface area (Å²) in [6, 6.07) is 8.54. The van der Waals surface area contributed by atoms with Gasteiger partial charge in [-0.3, -0.25) is 9.78 Å². The van der Waals surface area contributed by atoms with Crippen LogP contribution in [0.4, 0.5) is 13.2 Å². The lowest BCUT2D eigenvalue weighted by Gasteiger charge is -2.15. The van der Waals surface area contributed by atoms with Gasteiger partial charge in [-0.15, -0.1) is 5.10 Å². The van der Waals surface area contributed by atoms with E-state index in [4.69, 9.17) is 33.2 Å². The second kappa shape index (κ2) is 8.99. The Bertz CT molecular complexity index is 1660. The van der Waals surface area contributed by atoms with Crippen LogP contribution in [0.2, 0.25) is 10.0 Å². The number of nitriles is 1. The molecule has 0 unspecified atom stereocenters. The number of fused-ring (bicyclic) bond motifs is 1. The Morgan fingerprint density at radius 3 is 2.54 bits per heavy atom. The molecule has 0 aliphatic heterocycles. The van der Waals surface area contributed by atoms with Gasteiger partial charge in [-0.25, -0.2) is 9.78 Å². The molecule has 0 saturated heterocycles. The molecule has 0 radical (unpaired) electrons. The van der Waals surface area contributed by atoms with Crippen LogP contribution in [0.25, 0.3) is 16.6 Å². The summed E-state index contributed by atoms with van der Waals surface area (Å²) in [4.78, 5) is 29.3. The fourth-order valence-corrected chi connectivity index (χ4v) is 4.31. The van der Waals surface area contributed by atoms with Crippen molar-refractivity contribution < 1.29 is 17.9 Å². The van der Waals surface area contributed by atoms with E-state index in [0.29, 0.717) is 5.39 Å². The molecule has 0 amide bonds. The molecular formula is C21H9BrCl2F3N5O3. The standard InChI is InChI=1S/C21H9BrCl2F3N5O3/c1-8-11-6-10(2-3-14(11)29-18(16(8)24)21(25,26)27)35-17-12(22)4-9(5-13(17)23)32-20(34)30-19(33)15(7-28)31-32/h2-6H,1H3,(H,30,33,34). The highest BCUT2D eigenvalue weighted by molar-refractivity contribution is 9.10. The molecule has 2 aromatic carbocycles. The van der Waals surface area contributed by atoms with Crippen LogP contribution in [-0.4, -0.2) is 19.7 Å². The first-order valence-electron chi connectivity index (χ1n) is 9.38. The van der Waals surface area contributed by atoms with Crippen molar-refractivity contribution in [1.29, 1.82) is 5.26 Å². The van der Waals surface area contributed by atoms with Crippen LogP contribution in [0.15, 0.2) is 44.4 Å². The van der Waals surface area contributed by atoms with E-state index in [1.165, 1.54) is 37.3 Å². The normalized spacial score (nSPS) is 11.5. The average molecular weight is 587 g/mol. The molecular weight excluding hydrogens is 578 g/mol. The van der Waals surface area contributed by atoms with Gasteiger partial charge < -0.3 is 4.74 Å². The van der Waals surface area contributed by atoms with Crippen LogP contribution in [0.1, 0.15) is 17.0 Å². The van der Waals surface area contributed by atoms with Crippen molar-refractivity contribution in [1.82, 2.24) is 19.7 Å². The third-order valence-corrected chi connectivity index (χ3v) is 6.12. The molecule has 35 heavy (non-hydrogen) atoms. The predicted molar refractivity (Wildman–Crippen MR) is 124 cm³/mol. The second-order valence-corrected chi connectivity index (χ2v) is 8.69. The van der Waals surface area contributed by atoms with E-state index in [1.54, 1.807) is 6.07 Å². The van der Waals surface area contributed by atoms with Gasteiger partial charge in [-0.05, 0) is 58.7 Å². The molecule has 0 atom stereocenters. The zero-order valence-corrected chi connectivity index (χ0v) is 20.3. The number of aromatic nitrogens is 4. The molecule has 8 nitrogen and oxygen atoms in total. The molecule has 0 aliphatic carbocycles. The van der Waals surface area contributed by atoms with Crippen molar-refractivity contribution in [3.63, 3.8) is 0 Å². The van der Waals surface area contributed by atoms with Gasteiger partial charge >= 0.3 is 11.9 Å². The number of nitrogens with zero attached hydrogens (tertiary/aromatic N) is 4. The fourth-order valence-electron chi connectivity index (χ4n) is 3.16. The monoisotopic (exact) mass is 585 g/mol. The van der Waals surface area contributed by atoms with Crippen LogP contribution < -0.4 is 16.0 Å². The van der Waals surface area contributed by atoms with Crippen molar-refractivity contribution in [3.8, 4) is 23.3 Å². The first kappa shape index (κ1) is 24.7. The smallest absolute Gasteiger partial charge is 0.434 e. The van der Waals surface area contributed by atoms with Gasteiger partial charge in [0.05, 0.1) is 25.7 Å². The van der Waals surface area contributed by atoms with E-state index in [2.05, 4.69) is 26.0 Å². The molecule has 0 fully saturated rings. The number of alkyl halides is 3. The number of hydrogen-bond acceptors (Lipinski definition) is 6. The molecule has 4 rings (SSSR count). The van der Waals surface area contributed by atoms with Crippen LogP contribution in [0.5, 0.6) is 11.5 Å². The molecule has 2 aromatic heterocycles. The molecule has 178 valence electrons. The highest BCUT2D eigenvalue weighted by atomic mass is 79.9. The summed E-state index contributed by atoms with van der Waals surface area (Å²) in [6.07, 6.45) is -4.71. The van der Waals surface area contributed by atoms with Gasteiger partial charge in [-0.1, -0.05) is 23.2 Å². The number of hydrogen-bond donors (Lipinski definition) is 1. The summed E-state index contributed by atoms with van der Waals surface area (Å²) in [5.74, 6) is 0.344. The fraction of sp³-hybridized carbons (Fsp3) is 0.0952. The topological polar surface area (TPSA) is 114 Å². The Kier molecular flexibility index (Phi) is 6.35. The SMILES string of the molecule is Cc1c(Cl)c(C(F)(F)F)nc2ccc(Oc3c(Cl)cc(-n4nc(C#N)c(=O)[nH]c4=O)cc3Br)cc12. The average Bonchev–Trinajstić information content (AvgIpc) is 2.78. The van der Waals surface area contributed by atoms with Gasteiger partial charge in [0.15, 0.2) is 11.4 Å². The Labute approximate surface area is 211 Å². The third-order valence-electron chi connectivity index (χ3n) is 4.79. The van der Waals surface area contributed by atoms with Gasteiger partial charge in [0.25, 0.3) is 5.56 Å². The first-order chi connectivity index (χ1) is 16.4. The molecule has 4 aromatic rings. The predicted octanol–water partition coefficient (Wildman–Crippen LogP) is 5.53. The van der Waals surface area contributed by atoms with E-state index >= 15 is 0 Å². The maximum Gasteiger partial charge on any atom is 0.434 e. The van der Waals surface area contributed by atoms with Gasteiger partial charge in [0.1, 0.15) is 11.8 Å². The third kappa shape index (κ3) is 4.62. The number of pyridine rings is 1. The van der Waals surface area contributed by atoms with E-state index in [1.807, 2.05) is 4.98 Å². The molecule has 0 spiro atoms. The highest BCUT2D eigenvalue weighted by Crippen LogP contribution is 2.41. The lowest BCUT2D eigenvalue weighted by atomic mass is 10.1. The van der Waals surface area contributed by atoms with Gasteiger partial charge in [-0.2, -0.15) is 23.1 Å². The van der Waals surface area contributed by atoms with Crippen molar-refractivity contribution in [3.05, 3.63) is 82.6 Å². The van der Waals surface area contributed by atoms with E-state index in [-0.39, 0.29) is 37.8 Å². The second-order valence-electron chi connectivity index (χ2n) is 7.05. The maximum absolute atomic E-state index is 13.2. The number of halogens is 6. The molecule has 0 saturated carbocycles. The molecule has 2 heterocycles. The number of rotatable bonds is 3. The molecule has 14 heteroatoms. The number of ether oxygens (including phenoxy) is 1. The number of nitrogens with one attached hydrogen (secondary N) is 1. The lowest BCUT2D eigenvalue weighted by Crippen LogP contribution is -2.33. The number of aryl methyl sites for hydroxylation is 1. The van der Waals surface area contributed by atoms with Crippen LogP contribution in [0, 0.1) is 18.3 Å². The van der Waals surface area contributed by atoms with E-state index in [0.717, 1.165) is 4.68 Å². The Balaban J connectivity index is 1.76. The zero-order chi connectivity index (χ0) is 25.7. The Morgan fingerprint density at radius 1 is 1.20 bits per heavy atom. The van der Waals surface area contributed by atoms with Gasteiger partial charge in [0.2, 0.25) is 5.69 Å². The Hall–Kier alpha value is -3.40. The quantitative estimate of drug-likeness (QED) is 0.338. The van der Waals surface area contributed by atoms with Crippen LogP contribution in [-0.2, 0) is 6.18 Å². The minimum atomic E-state index is -4.71. The van der Waals surface area contributed by atoms with Crippen molar-refractivity contribution in [2.24, 2.45) is 0 Å². The summed E-state index contributed by atoms with van der Waals surface area (Å²) in [5.41, 5.74) is -3.15. The Morgan fingerprint density at radius 2 is 1.91 bits per heavy atom. The van der Waals surface area contributed by atoms with Crippen molar-refractivity contribution in [2.75, 3.05) is 0 Å². The minimum Gasteiger partial charge on any atom is -0.455 e. The van der Waals surface area contributed by atoms with Crippen molar-refractivity contribution in [2.45, 2.75) is 13.1 Å². The summed E-state index contributed by atoms with van der Waals surface area (Å²) < 4.78 is 46.5. The summed E-state index contributed by atoms with van der Waals surface area (Å²) in [7, 11) is 0. The summed E-state index contributed by atoms with van der Waals surface area (Å²) >= 11 is 15.5. The molecule has 1 N–H and O–H groups in total. The summed E-state index contributed by atoms with van der Waals surface area (Å²) in [6.45, 7) is 1.44. The number of aromatic amines is 1. The van der Waals surface area contributed by atoms with E-state index < -0.39 is 33.8 Å². The summed E-state index contributed by atoms with van der Waals surface area (Å²) in [5, 5.41) is 12.6. The van der Waals surface area contributed by atoms with Crippen molar-refractivity contribution >= 4 is 50.0 Å². The zero-order valence-electron chi connectivity index (χ0n) is 17.2.